The van der Waals surface area contributed by atoms with Crippen molar-refractivity contribution in [3.8, 4) is 45.4 Å². The van der Waals surface area contributed by atoms with Crippen molar-refractivity contribution in [2.24, 2.45) is 5.73 Å². The predicted molar refractivity (Wildman–Crippen MR) is 145 cm³/mol. The van der Waals surface area contributed by atoms with Gasteiger partial charge in [0.15, 0.2) is 23.3 Å². The van der Waals surface area contributed by atoms with Gasteiger partial charge in [0.1, 0.15) is 17.3 Å². The second-order valence-corrected chi connectivity index (χ2v) is 9.18. The van der Waals surface area contributed by atoms with Crippen molar-refractivity contribution in [1.82, 2.24) is 9.55 Å². The van der Waals surface area contributed by atoms with Crippen LogP contribution in [0.1, 0.15) is 15.9 Å². The predicted octanol–water partition coefficient (Wildman–Crippen LogP) is 6.74. The molecule has 0 aliphatic heterocycles. The zero-order valence-corrected chi connectivity index (χ0v) is 22.2. The number of methoxy groups -OCH3 is 2. The molecule has 1 aromatic heterocycles. The Hall–Kier alpha value is -5.19. The van der Waals surface area contributed by atoms with E-state index in [2.05, 4.69) is 4.98 Å². The molecule has 42 heavy (non-hydrogen) atoms. The van der Waals surface area contributed by atoms with Gasteiger partial charge in [0.25, 0.3) is 0 Å². The first-order valence-corrected chi connectivity index (χ1v) is 12.4. The highest BCUT2D eigenvalue weighted by molar-refractivity contribution is 5.92. The average molecular weight is 580 g/mol. The second-order valence-electron chi connectivity index (χ2n) is 9.18. The second kappa shape index (κ2) is 11.4. The van der Waals surface area contributed by atoms with E-state index < -0.39 is 46.4 Å². The number of nitrogens with zero attached hydrogens (tertiary/aromatic N) is 2. The number of imidazole rings is 1. The summed E-state index contributed by atoms with van der Waals surface area (Å²) in [6, 6.07) is 19.3. The maximum atomic E-state index is 15.2. The van der Waals surface area contributed by atoms with E-state index in [1.807, 2.05) is 0 Å². The lowest BCUT2D eigenvalue weighted by atomic mass is 10.0. The molecule has 0 saturated carbocycles. The number of hydrogen-bond acceptors (Lipinski definition) is 4. The molecule has 0 unspecified atom stereocenters. The SMILES string of the molecule is COc1ccc(-c2nc(-c3c(F)c(F)c(F)c(F)c3F)n(Cc3ccc(C(N)=O)cc3)c2-c2ccc(OC)cc2)cc1. The first kappa shape index (κ1) is 28.3. The molecule has 0 radical (unpaired) electrons. The Kier molecular flexibility index (Phi) is 7.66. The van der Waals surface area contributed by atoms with Crippen molar-refractivity contribution in [1.29, 1.82) is 0 Å². The van der Waals surface area contributed by atoms with Gasteiger partial charge in [-0.1, -0.05) is 12.1 Å². The Labute approximate surface area is 236 Å². The van der Waals surface area contributed by atoms with Crippen molar-refractivity contribution in [3.63, 3.8) is 0 Å². The quantitative estimate of drug-likeness (QED) is 0.125. The highest BCUT2D eigenvalue weighted by Crippen LogP contribution is 2.40. The largest absolute Gasteiger partial charge is 0.497 e. The van der Waals surface area contributed by atoms with E-state index in [4.69, 9.17) is 15.2 Å². The summed E-state index contributed by atoms with van der Waals surface area (Å²) in [5.41, 5.74) is 6.42. The van der Waals surface area contributed by atoms with Crippen LogP contribution in [0.2, 0.25) is 0 Å². The van der Waals surface area contributed by atoms with E-state index in [9.17, 15) is 18.0 Å². The molecule has 0 fully saturated rings. The summed E-state index contributed by atoms with van der Waals surface area (Å²) in [5.74, 6) is -10.6. The topological polar surface area (TPSA) is 79.4 Å². The van der Waals surface area contributed by atoms with Gasteiger partial charge in [-0.15, -0.1) is 0 Å². The molecule has 214 valence electrons. The molecule has 0 aliphatic rings. The van der Waals surface area contributed by atoms with Crippen LogP contribution >= 0.6 is 0 Å². The fraction of sp³-hybridized carbons (Fsp3) is 0.0968. The van der Waals surface area contributed by atoms with Gasteiger partial charge in [0, 0.05) is 23.2 Å². The average Bonchev–Trinajstić information content (AvgIpc) is 3.37. The standard InChI is InChI=1S/C31H22F5N3O3/c1-41-20-11-7-17(8-12-20)28-29(18-9-13-21(42-2)14-10-18)39(15-16-3-5-19(6-4-16)30(37)40)31(38-28)22-23(32)25(34)27(36)26(35)24(22)33/h3-14H,15H2,1-2H3,(H2,37,40). The molecule has 0 atom stereocenters. The number of rotatable bonds is 8. The fourth-order valence-electron chi connectivity index (χ4n) is 4.55. The van der Waals surface area contributed by atoms with Gasteiger partial charge in [0.2, 0.25) is 11.7 Å². The number of benzene rings is 4. The van der Waals surface area contributed by atoms with Gasteiger partial charge in [-0.3, -0.25) is 4.79 Å². The molecule has 5 rings (SSSR count). The van der Waals surface area contributed by atoms with E-state index >= 15 is 8.78 Å². The normalized spacial score (nSPS) is 11.0. The molecule has 0 spiro atoms. The van der Waals surface area contributed by atoms with Crippen LogP contribution in [0.15, 0.2) is 72.8 Å². The van der Waals surface area contributed by atoms with Crippen LogP contribution in [-0.2, 0) is 6.54 Å². The van der Waals surface area contributed by atoms with Crippen molar-refractivity contribution in [2.75, 3.05) is 14.2 Å². The number of carbonyl (C=O) groups is 1. The summed E-state index contributed by atoms with van der Waals surface area (Å²) >= 11 is 0. The number of primary amides is 1. The van der Waals surface area contributed by atoms with E-state index in [0.29, 0.717) is 33.9 Å². The van der Waals surface area contributed by atoms with Crippen molar-refractivity contribution in [2.45, 2.75) is 6.54 Å². The van der Waals surface area contributed by atoms with Crippen LogP contribution in [0, 0.1) is 29.1 Å². The molecule has 11 heteroatoms. The number of ether oxygens (including phenoxy) is 2. The molecule has 4 aromatic carbocycles. The summed E-state index contributed by atoms with van der Waals surface area (Å²) in [4.78, 5) is 16.1. The van der Waals surface area contributed by atoms with Crippen molar-refractivity contribution >= 4 is 5.91 Å². The summed E-state index contributed by atoms with van der Waals surface area (Å²) in [6.45, 7) is -0.127. The molecule has 5 aromatic rings. The fourth-order valence-corrected chi connectivity index (χ4v) is 4.55. The first-order chi connectivity index (χ1) is 20.1. The van der Waals surface area contributed by atoms with Crippen molar-refractivity contribution < 1.29 is 36.2 Å². The minimum atomic E-state index is -2.28. The summed E-state index contributed by atoms with van der Waals surface area (Å²) < 4.78 is 85.1. The molecule has 1 heterocycles. The highest BCUT2D eigenvalue weighted by atomic mass is 19.2. The number of hydrogen-bond donors (Lipinski definition) is 1. The maximum absolute atomic E-state index is 15.2. The third kappa shape index (κ3) is 5.05. The summed E-state index contributed by atoms with van der Waals surface area (Å²) in [5, 5.41) is 0. The van der Waals surface area contributed by atoms with E-state index in [1.165, 1.54) is 30.9 Å². The zero-order valence-electron chi connectivity index (χ0n) is 22.2. The van der Waals surface area contributed by atoms with Crippen LogP contribution in [0.5, 0.6) is 11.5 Å². The number of amides is 1. The molecule has 2 N–H and O–H groups in total. The Bertz CT molecular complexity index is 1760. The van der Waals surface area contributed by atoms with Gasteiger partial charge < -0.3 is 19.8 Å². The van der Waals surface area contributed by atoms with Crippen LogP contribution in [0.4, 0.5) is 22.0 Å². The molecular formula is C31H22F5N3O3. The molecular weight excluding hydrogens is 557 g/mol. The minimum absolute atomic E-state index is 0.127. The minimum Gasteiger partial charge on any atom is -0.497 e. The van der Waals surface area contributed by atoms with Gasteiger partial charge in [0.05, 0.1) is 31.2 Å². The highest BCUT2D eigenvalue weighted by Gasteiger charge is 2.32. The van der Waals surface area contributed by atoms with Crippen LogP contribution < -0.4 is 15.2 Å². The number of carbonyl (C=O) groups excluding carboxylic acids is 1. The molecule has 6 nitrogen and oxygen atoms in total. The van der Waals surface area contributed by atoms with Gasteiger partial charge in [-0.05, 0) is 66.2 Å². The van der Waals surface area contributed by atoms with Gasteiger partial charge in [-0.2, -0.15) is 0 Å². The van der Waals surface area contributed by atoms with Crippen LogP contribution in [-0.4, -0.2) is 29.7 Å². The Morgan fingerprint density at radius 1 is 0.714 bits per heavy atom. The zero-order chi connectivity index (χ0) is 30.1. The molecule has 0 saturated heterocycles. The Morgan fingerprint density at radius 2 is 1.19 bits per heavy atom. The van der Waals surface area contributed by atoms with Crippen LogP contribution in [0.3, 0.4) is 0 Å². The maximum Gasteiger partial charge on any atom is 0.248 e. The van der Waals surface area contributed by atoms with E-state index in [-0.39, 0.29) is 17.8 Å². The summed E-state index contributed by atoms with van der Waals surface area (Å²) in [7, 11) is 2.97. The lowest BCUT2D eigenvalue weighted by Gasteiger charge is -2.15. The van der Waals surface area contributed by atoms with Gasteiger partial charge >= 0.3 is 0 Å². The third-order valence-corrected chi connectivity index (χ3v) is 6.71. The van der Waals surface area contributed by atoms with Crippen molar-refractivity contribution in [3.05, 3.63) is 113 Å². The monoisotopic (exact) mass is 579 g/mol. The number of halogens is 5. The smallest absolute Gasteiger partial charge is 0.248 e. The summed E-state index contributed by atoms with van der Waals surface area (Å²) in [6.07, 6.45) is 0. The Balaban J connectivity index is 1.85. The third-order valence-electron chi connectivity index (χ3n) is 6.71. The van der Waals surface area contributed by atoms with E-state index in [0.717, 1.165) is 0 Å². The molecule has 0 aliphatic carbocycles. The lowest BCUT2D eigenvalue weighted by Crippen LogP contribution is -2.12. The van der Waals surface area contributed by atoms with Gasteiger partial charge in [-0.25, -0.2) is 26.9 Å². The lowest BCUT2D eigenvalue weighted by molar-refractivity contribution is 0.1000. The Morgan fingerprint density at radius 3 is 1.67 bits per heavy atom. The van der Waals surface area contributed by atoms with E-state index in [1.54, 1.807) is 60.7 Å². The molecule has 0 bridgehead atoms. The first-order valence-electron chi connectivity index (χ1n) is 12.4. The number of aromatic nitrogens is 2. The molecule has 1 amide bonds. The number of nitrogens with two attached hydrogens (primary N) is 1. The van der Waals surface area contributed by atoms with Crippen LogP contribution in [0.25, 0.3) is 33.9 Å².